The van der Waals surface area contributed by atoms with E-state index < -0.39 is 11.8 Å². The smallest absolute Gasteiger partial charge is 0.333 e. The molecule has 0 spiro atoms. The van der Waals surface area contributed by atoms with Crippen LogP contribution in [-0.2, 0) is 9.53 Å². The number of hydrogen-bond donors (Lipinski definition) is 0. The van der Waals surface area contributed by atoms with Crippen molar-refractivity contribution in [1.82, 2.24) is 0 Å². The molecule has 0 aliphatic rings. The first-order valence-corrected chi connectivity index (χ1v) is 4.92. The Bertz CT molecular complexity index is 440. The van der Waals surface area contributed by atoms with Crippen LogP contribution in [-0.4, -0.2) is 18.9 Å². The van der Waals surface area contributed by atoms with Crippen molar-refractivity contribution >= 4 is 12.3 Å². The zero-order chi connectivity index (χ0) is 12.7. The molecule has 0 heterocycles. The number of rotatable bonds is 5. The third kappa shape index (κ3) is 3.71. The van der Waals surface area contributed by atoms with Crippen LogP contribution in [0.2, 0.25) is 0 Å². The third-order valence-electron chi connectivity index (χ3n) is 1.80. The summed E-state index contributed by atoms with van der Waals surface area (Å²) >= 11 is 0. The highest BCUT2D eigenvalue weighted by Crippen LogP contribution is 2.21. The zero-order valence-corrected chi connectivity index (χ0v) is 9.18. The molecule has 0 saturated heterocycles. The summed E-state index contributed by atoms with van der Waals surface area (Å²) in [6, 6.07) is 3.95. The maximum Gasteiger partial charge on any atom is 0.333 e. The number of aldehydes is 1. The molecule has 17 heavy (non-hydrogen) atoms. The first-order valence-electron chi connectivity index (χ1n) is 4.92. The van der Waals surface area contributed by atoms with Crippen LogP contribution >= 0.6 is 0 Å². The molecule has 0 N–H and O–H groups in total. The Kier molecular flexibility index (Phi) is 4.87. The van der Waals surface area contributed by atoms with E-state index in [4.69, 9.17) is 4.74 Å². The molecule has 1 aromatic rings. The van der Waals surface area contributed by atoms with Gasteiger partial charge in [-0.15, -0.1) is 0 Å². The lowest BCUT2D eigenvalue weighted by atomic mass is 10.2. The number of ether oxygens (including phenoxy) is 2. The van der Waals surface area contributed by atoms with E-state index in [-0.39, 0.29) is 17.9 Å². The van der Waals surface area contributed by atoms with E-state index in [1.54, 1.807) is 6.92 Å². The summed E-state index contributed by atoms with van der Waals surface area (Å²) in [5, 5.41) is 0. The Morgan fingerprint density at radius 1 is 1.47 bits per heavy atom. The van der Waals surface area contributed by atoms with Crippen LogP contribution in [0.4, 0.5) is 4.39 Å². The predicted molar refractivity (Wildman–Crippen MR) is 58.2 cm³/mol. The van der Waals surface area contributed by atoms with Crippen LogP contribution in [0.5, 0.6) is 5.75 Å². The molecular weight excluding hydrogens is 227 g/mol. The normalized spacial score (nSPS) is 10.2. The van der Waals surface area contributed by atoms with Crippen molar-refractivity contribution in [3.63, 3.8) is 0 Å². The van der Waals surface area contributed by atoms with Crippen molar-refractivity contribution in [2.75, 3.05) is 6.61 Å². The fraction of sp³-hybridized carbons (Fsp3) is 0.167. The Labute approximate surface area is 97.6 Å². The number of halogens is 1. The number of esters is 1. The van der Waals surface area contributed by atoms with Gasteiger partial charge in [-0.25, -0.2) is 9.18 Å². The highest BCUT2D eigenvalue weighted by Gasteiger charge is 2.07. The minimum Gasteiger partial charge on any atom is -0.463 e. The first kappa shape index (κ1) is 12.9. The van der Waals surface area contributed by atoms with Gasteiger partial charge in [0, 0.05) is 0 Å². The van der Waals surface area contributed by atoms with Crippen molar-refractivity contribution in [3.8, 4) is 5.75 Å². The van der Waals surface area contributed by atoms with E-state index in [2.05, 4.69) is 4.74 Å². The van der Waals surface area contributed by atoms with Gasteiger partial charge >= 0.3 is 5.97 Å². The Morgan fingerprint density at radius 3 is 2.88 bits per heavy atom. The van der Waals surface area contributed by atoms with Gasteiger partial charge in [0.25, 0.3) is 0 Å². The standard InChI is InChI=1S/C12H11FO4/c1-2-16-11(15)6-7-17-12-9(8-14)4-3-5-10(12)13/h3-8H,2H2,1H3. The lowest BCUT2D eigenvalue weighted by molar-refractivity contribution is -0.137. The number of hydrogen-bond acceptors (Lipinski definition) is 4. The molecule has 0 aliphatic carbocycles. The molecule has 0 bridgehead atoms. The quantitative estimate of drug-likeness (QED) is 0.341. The largest absolute Gasteiger partial charge is 0.463 e. The molecule has 1 aromatic carbocycles. The molecule has 0 radical (unpaired) electrons. The van der Waals surface area contributed by atoms with E-state index >= 15 is 0 Å². The van der Waals surface area contributed by atoms with Crippen molar-refractivity contribution in [3.05, 3.63) is 41.9 Å². The molecule has 0 saturated carbocycles. The van der Waals surface area contributed by atoms with Crippen LogP contribution in [0.1, 0.15) is 17.3 Å². The number of carbonyl (C=O) groups excluding carboxylic acids is 2. The third-order valence-corrected chi connectivity index (χ3v) is 1.80. The van der Waals surface area contributed by atoms with Gasteiger partial charge in [0.15, 0.2) is 17.9 Å². The van der Waals surface area contributed by atoms with Crippen LogP contribution < -0.4 is 4.74 Å². The molecule has 0 fully saturated rings. The van der Waals surface area contributed by atoms with Gasteiger partial charge in [-0.1, -0.05) is 6.07 Å². The summed E-state index contributed by atoms with van der Waals surface area (Å²) in [6.45, 7) is 1.90. The molecule has 4 nitrogen and oxygen atoms in total. The number of benzene rings is 1. The van der Waals surface area contributed by atoms with Crippen LogP contribution in [0, 0.1) is 5.82 Å². The zero-order valence-electron chi connectivity index (χ0n) is 9.18. The monoisotopic (exact) mass is 238 g/mol. The summed E-state index contributed by atoms with van der Waals surface area (Å²) in [4.78, 5) is 21.5. The highest BCUT2D eigenvalue weighted by atomic mass is 19.1. The van der Waals surface area contributed by atoms with Crippen molar-refractivity contribution in [1.29, 1.82) is 0 Å². The second-order valence-corrected chi connectivity index (χ2v) is 2.95. The van der Waals surface area contributed by atoms with Crippen LogP contribution in [0.3, 0.4) is 0 Å². The Hall–Kier alpha value is -2.17. The second kappa shape index (κ2) is 6.42. The van der Waals surface area contributed by atoms with E-state index in [0.29, 0.717) is 6.29 Å². The number of para-hydroxylation sites is 1. The second-order valence-electron chi connectivity index (χ2n) is 2.95. The summed E-state index contributed by atoms with van der Waals surface area (Å²) in [7, 11) is 0. The van der Waals surface area contributed by atoms with Gasteiger partial charge in [-0.2, -0.15) is 0 Å². The van der Waals surface area contributed by atoms with Crippen molar-refractivity contribution in [2.24, 2.45) is 0 Å². The van der Waals surface area contributed by atoms with Gasteiger partial charge in [0.1, 0.15) is 0 Å². The molecule has 0 aliphatic heterocycles. The lowest BCUT2D eigenvalue weighted by Crippen LogP contribution is -2.00. The number of carbonyl (C=O) groups is 2. The molecule has 0 unspecified atom stereocenters. The maximum absolute atomic E-state index is 13.3. The minimum atomic E-state index is -0.678. The van der Waals surface area contributed by atoms with Gasteiger partial charge in [0.2, 0.25) is 0 Å². The summed E-state index contributed by atoms with van der Waals surface area (Å²) in [5.41, 5.74) is 0.0681. The van der Waals surface area contributed by atoms with E-state index in [9.17, 15) is 14.0 Å². The van der Waals surface area contributed by atoms with Crippen molar-refractivity contribution in [2.45, 2.75) is 6.92 Å². The van der Waals surface area contributed by atoms with Crippen LogP contribution in [0.15, 0.2) is 30.5 Å². The fourth-order valence-electron chi connectivity index (χ4n) is 1.09. The average molecular weight is 238 g/mol. The summed E-state index contributed by atoms with van der Waals surface area (Å²) in [6.07, 6.45) is 2.45. The van der Waals surface area contributed by atoms with Crippen LogP contribution in [0.25, 0.3) is 0 Å². The molecule has 1 rings (SSSR count). The SMILES string of the molecule is CCOC(=O)C=COc1c(F)cccc1C=O. The average Bonchev–Trinajstić information content (AvgIpc) is 2.31. The summed E-state index contributed by atoms with van der Waals surface area (Å²) < 4.78 is 22.8. The van der Waals surface area contributed by atoms with E-state index in [0.717, 1.165) is 18.4 Å². The maximum atomic E-state index is 13.3. The van der Waals surface area contributed by atoms with E-state index in [1.165, 1.54) is 12.1 Å². The van der Waals surface area contributed by atoms with Crippen molar-refractivity contribution < 1.29 is 23.5 Å². The van der Waals surface area contributed by atoms with Gasteiger partial charge in [0.05, 0.1) is 24.5 Å². The summed E-state index contributed by atoms with van der Waals surface area (Å²) in [5.74, 6) is -1.50. The molecule has 0 amide bonds. The van der Waals surface area contributed by atoms with E-state index in [1.807, 2.05) is 0 Å². The molecule has 0 atom stereocenters. The highest BCUT2D eigenvalue weighted by molar-refractivity contribution is 5.82. The molecule has 0 aromatic heterocycles. The minimum absolute atomic E-state index is 0.0681. The van der Waals surface area contributed by atoms with Gasteiger partial charge < -0.3 is 9.47 Å². The van der Waals surface area contributed by atoms with Gasteiger partial charge in [-0.3, -0.25) is 4.79 Å². The molecule has 5 heteroatoms. The predicted octanol–water partition coefficient (Wildman–Crippen LogP) is 2.09. The lowest BCUT2D eigenvalue weighted by Gasteiger charge is -2.04. The molecular formula is C12H11FO4. The topological polar surface area (TPSA) is 52.6 Å². The first-order chi connectivity index (χ1) is 8.19. The fourth-order valence-corrected chi connectivity index (χ4v) is 1.09. The van der Waals surface area contributed by atoms with Gasteiger partial charge in [-0.05, 0) is 19.1 Å². The Balaban J connectivity index is 2.75. The Morgan fingerprint density at radius 2 is 2.24 bits per heavy atom. The molecule has 90 valence electrons.